The fraction of sp³-hybridized carbons (Fsp3) is 0.800. The molecule has 1 fully saturated rings. The summed E-state index contributed by atoms with van der Waals surface area (Å²) in [6.07, 6.45) is 1.30. The molecule has 2 N–H and O–H groups in total. The molecule has 1 rings (SSSR count). The molecule has 0 aliphatic carbocycles. The Labute approximate surface area is 47.7 Å². The van der Waals surface area contributed by atoms with Crippen molar-refractivity contribution >= 4 is 5.91 Å². The summed E-state index contributed by atoms with van der Waals surface area (Å²) < 4.78 is 0. The second-order valence-corrected chi connectivity index (χ2v) is 1.98. The molecule has 1 atom stereocenters. The molecular weight excluding hydrogens is 106 g/mol. The van der Waals surface area contributed by atoms with Crippen LogP contribution in [-0.4, -0.2) is 23.7 Å². The van der Waals surface area contributed by atoms with Gasteiger partial charge in [-0.3, -0.25) is 4.79 Å². The van der Waals surface area contributed by atoms with Crippen molar-refractivity contribution in [1.29, 1.82) is 0 Å². The van der Waals surface area contributed by atoms with Gasteiger partial charge in [-0.1, -0.05) is 0 Å². The highest BCUT2D eigenvalue weighted by atomic mass is 16.3. The molecule has 0 aromatic carbocycles. The molecule has 3 heteroatoms. The topological polar surface area (TPSA) is 49.3 Å². The first-order valence-corrected chi connectivity index (χ1v) is 2.73. The van der Waals surface area contributed by atoms with E-state index in [0.29, 0.717) is 12.8 Å². The van der Waals surface area contributed by atoms with Crippen LogP contribution < -0.4 is 5.32 Å². The van der Waals surface area contributed by atoms with E-state index in [0.717, 1.165) is 0 Å². The van der Waals surface area contributed by atoms with Gasteiger partial charge in [0.2, 0.25) is 5.91 Å². The number of hydrogen-bond donors (Lipinski definition) is 2. The highest BCUT2D eigenvalue weighted by molar-refractivity contribution is 5.82. The average Bonchev–Trinajstić information content (AvgIpc) is 1.64. The van der Waals surface area contributed by atoms with Crippen LogP contribution in [-0.2, 0) is 4.79 Å². The average molecular weight is 115 g/mol. The van der Waals surface area contributed by atoms with Crippen LogP contribution >= 0.6 is 0 Å². The second kappa shape index (κ2) is 2.13. The summed E-state index contributed by atoms with van der Waals surface area (Å²) in [6, 6.07) is 0.257. The number of carbonyl (C=O) groups is 1. The van der Waals surface area contributed by atoms with E-state index < -0.39 is 0 Å². The summed E-state index contributed by atoms with van der Waals surface area (Å²) in [6.45, 7) is 0.172. The van der Waals surface area contributed by atoms with Crippen LogP contribution in [0.1, 0.15) is 12.8 Å². The molecule has 0 radical (unpaired) electrons. The van der Waals surface area contributed by atoms with Gasteiger partial charge in [0.15, 0.2) is 0 Å². The van der Waals surface area contributed by atoms with Gasteiger partial charge in [0.1, 0.15) is 0 Å². The Morgan fingerprint density at radius 2 is 2.50 bits per heavy atom. The minimum atomic E-state index is 0.100. The Bertz CT molecular complexity index is 94.6. The number of aliphatic hydroxyl groups is 1. The molecule has 0 saturated carbocycles. The van der Waals surface area contributed by atoms with Crippen molar-refractivity contribution in [2.75, 3.05) is 6.61 Å². The van der Waals surface area contributed by atoms with Crippen LogP contribution in [0.5, 0.6) is 0 Å². The smallest absolute Gasteiger partial charge is 0.222 e. The number of carbonyl (C=O) groups excluding carboxylic acids is 1. The standard InChI is InChI=1S/C5H9NO2/c7-2-1-4-3-5(8)6-4/h4,7H,1-3H2,(H,6,8)/t4-/m0/s1. The third-order valence-electron chi connectivity index (χ3n) is 1.27. The summed E-state index contributed by atoms with van der Waals surface area (Å²) in [4.78, 5) is 10.2. The summed E-state index contributed by atoms with van der Waals surface area (Å²) in [7, 11) is 0. The number of rotatable bonds is 2. The first-order chi connectivity index (χ1) is 3.83. The van der Waals surface area contributed by atoms with Gasteiger partial charge < -0.3 is 10.4 Å². The quantitative estimate of drug-likeness (QED) is 0.465. The zero-order valence-corrected chi connectivity index (χ0v) is 4.55. The van der Waals surface area contributed by atoms with E-state index in [1.54, 1.807) is 0 Å². The van der Waals surface area contributed by atoms with Gasteiger partial charge in [0.25, 0.3) is 0 Å². The zero-order chi connectivity index (χ0) is 5.98. The molecule has 3 nitrogen and oxygen atoms in total. The molecule has 1 amide bonds. The lowest BCUT2D eigenvalue weighted by atomic mass is 10.0. The Kier molecular flexibility index (Phi) is 1.48. The van der Waals surface area contributed by atoms with Gasteiger partial charge >= 0.3 is 0 Å². The molecular formula is C5H9NO2. The predicted molar refractivity (Wildman–Crippen MR) is 28.3 cm³/mol. The zero-order valence-electron chi connectivity index (χ0n) is 4.55. The van der Waals surface area contributed by atoms with E-state index in [1.807, 2.05) is 0 Å². The maximum atomic E-state index is 10.2. The Hall–Kier alpha value is -0.570. The van der Waals surface area contributed by atoms with E-state index in [9.17, 15) is 4.79 Å². The molecule has 1 saturated heterocycles. The number of β-lactam (4-membered cyclic amide) rings is 1. The Morgan fingerprint density at radius 3 is 2.88 bits per heavy atom. The highest BCUT2D eigenvalue weighted by Crippen LogP contribution is 2.06. The van der Waals surface area contributed by atoms with E-state index in [1.165, 1.54) is 0 Å². The SMILES string of the molecule is O=C1C[C@H](CCO)N1. The number of amides is 1. The van der Waals surface area contributed by atoms with Crippen molar-refractivity contribution in [3.05, 3.63) is 0 Å². The van der Waals surface area contributed by atoms with Gasteiger partial charge in [-0.05, 0) is 6.42 Å². The molecule has 1 heterocycles. The minimum Gasteiger partial charge on any atom is -0.396 e. The summed E-state index contributed by atoms with van der Waals surface area (Å²) in [5, 5.41) is 11.0. The maximum Gasteiger partial charge on any atom is 0.222 e. The normalized spacial score (nSPS) is 26.6. The molecule has 0 spiro atoms. The largest absolute Gasteiger partial charge is 0.396 e. The van der Waals surface area contributed by atoms with E-state index >= 15 is 0 Å². The lowest BCUT2D eigenvalue weighted by Crippen LogP contribution is -2.48. The van der Waals surface area contributed by atoms with E-state index in [-0.39, 0.29) is 18.6 Å². The van der Waals surface area contributed by atoms with Gasteiger partial charge in [0.05, 0.1) is 0 Å². The summed E-state index contributed by atoms with van der Waals surface area (Å²) in [5.74, 6) is 0.100. The first-order valence-electron chi connectivity index (χ1n) is 2.73. The van der Waals surface area contributed by atoms with Gasteiger partial charge in [-0.15, -0.1) is 0 Å². The van der Waals surface area contributed by atoms with Crippen LogP contribution in [0.4, 0.5) is 0 Å². The number of nitrogens with one attached hydrogen (secondary N) is 1. The van der Waals surface area contributed by atoms with Crippen LogP contribution in [0.2, 0.25) is 0 Å². The van der Waals surface area contributed by atoms with Crippen molar-refractivity contribution in [2.45, 2.75) is 18.9 Å². The third-order valence-corrected chi connectivity index (χ3v) is 1.27. The van der Waals surface area contributed by atoms with Crippen LogP contribution in [0.3, 0.4) is 0 Å². The molecule has 1 aliphatic rings. The van der Waals surface area contributed by atoms with Gasteiger partial charge in [-0.25, -0.2) is 0 Å². The van der Waals surface area contributed by atoms with Gasteiger partial charge in [-0.2, -0.15) is 0 Å². The monoisotopic (exact) mass is 115 g/mol. The van der Waals surface area contributed by atoms with Crippen molar-refractivity contribution in [3.8, 4) is 0 Å². The lowest BCUT2D eigenvalue weighted by molar-refractivity contribution is -0.128. The van der Waals surface area contributed by atoms with E-state index in [2.05, 4.69) is 5.32 Å². The van der Waals surface area contributed by atoms with Crippen LogP contribution in [0, 0.1) is 0 Å². The third kappa shape index (κ3) is 0.980. The Balaban J connectivity index is 2.06. The molecule has 0 bridgehead atoms. The van der Waals surface area contributed by atoms with Crippen molar-refractivity contribution in [3.63, 3.8) is 0 Å². The summed E-state index contributed by atoms with van der Waals surface area (Å²) >= 11 is 0. The molecule has 46 valence electrons. The van der Waals surface area contributed by atoms with E-state index in [4.69, 9.17) is 5.11 Å². The van der Waals surface area contributed by atoms with Crippen molar-refractivity contribution in [2.24, 2.45) is 0 Å². The van der Waals surface area contributed by atoms with Gasteiger partial charge in [0, 0.05) is 19.1 Å². The molecule has 8 heavy (non-hydrogen) atoms. The van der Waals surface area contributed by atoms with Crippen LogP contribution in [0.15, 0.2) is 0 Å². The van der Waals surface area contributed by atoms with Crippen LogP contribution in [0.25, 0.3) is 0 Å². The van der Waals surface area contributed by atoms with Crippen molar-refractivity contribution < 1.29 is 9.90 Å². The number of hydrogen-bond acceptors (Lipinski definition) is 2. The Morgan fingerprint density at radius 1 is 1.88 bits per heavy atom. The second-order valence-electron chi connectivity index (χ2n) is 1.98. The minimum absolute atomic E-state index is 0.100. The molecule has 0 aromatic rings. The lowest BCUT2D eigenvalue weighted by Gasteiger charge is -2.25. The highest BCUT2D eigenvalue weighted by Gasteiger charge is 2.23. The maximum absolute atomic E-state index is 10.2. The molecule has 0 aromatic heterocycles. The fourth-order valence-corrected chi connectivity index (χ4v) is 0.760. The molecule has 0 unspecified atom stereocenters. The summed E-state index contributed by atoms with van der Waals surface area (Å²) in [5.41, 5.74) is 0. The fourth-order valence-electron chi connectivity index (χ4n) is 0.760. The van der Waals surface area contributed by atoms with Crippen molar-refractivity contribution in [1.82, 2.24) is 5.32 Å². The first kappa shape index (κ1) is 5.56. The number of aliphatic hydroxyl groups excluding tert-OH is 1. The predicted octanol–water partition coefficient (Wildman–Crippen LogP) is -0.743. The molecule has 1 aliphatic heterocycles.